The summed E-state index contributed by atoms with van der Waals surface area (Å²) in [5.74, 6) is -25.6. The topological polar surface area (TPSA) is 808 Å². The molecule has 0 aliphatic carbocycles. The maximum atomic E-state index is 14.5. The number of aromatic amines is 1. The van der Waals surface area contributed by atoms with E-state index in [4.69, 9.17) is 28.3 Å². The van der Waals surface area contributed by atoms with Crippen LogP contribution in [0, 0.1) is 23.2 Å². The predicted molar refractivity (Wildman–Crippen MR) is 469 cm³/mol. The van der Waals surface area contributed by atoms with Gasteiger partial charge >= 0.3 is 17.9 Å². The molecule has 0 aliphatic heterocycles. The van der Waals surface area contributed by atoms with Crippen molar-refractivity contribution >= 4 is 157 Å². The van der Waals surface area contributed by atoms with E-state index in [1.54, 1.807) is 76.2 Å². The number of benzene rings is 2. The van der Waals surface area contributed by atoms with Crippen molar-refractivity contribution in [3.63, 3.8) is 0 Å². The zero-order chi connectivity index (χ0) is 99.0. The van der Waals surface area contributed by atoms with Gasteiger partial charge in [-0.05, 0) is 113 Å². The second-order valence-electron chi connectivity index (χ2n) is 32.6. The molecule has 0 saturated heterocycles. The third-order valence-electron chi connectivity index (χ3n) is 19.6. The number of carboxylic acids is 3. The molecule has 2 aromatic carbocycles. The highest BCUT2D eigenvalue weighted by Crippen LogP contribution is 2.22. The summed E-state index contributed by atoms with van der Waals surface area (Å²) in [4.78, 5) is 283. The molecule has 0 fully saturated rings. The van der Waals surface area contributed by atoms with E-state index in [2.05, 4.69) is 111 Å². The van der Waals surface area contributed by atoms with Gasteiger partial charge in [0.1, 0.15) is 78.0 Å². The number of aliphatic hydroxyl groups excluding tert-OH is 2. The molecule has 14 atom stereocenters. The van der Waals surface area contributed by atoms with Crippen LogP contribution in [0.3, 0.4) is 0 Å². The molecule has 0 radical (unpaired) electrons. The normalized spacial score (nSPS) is 14.4. The second kappa shape index (κ2) is 54.7. The van der Waals surface area contributed by atoms with Crippen molar-refractivity contribution in [2.24, 2.45) is 40.7 Å². The van der Waals surface area contributed by atoms with Gasteiger partial charge in [-0.15, -0.1) is 0 Å². The van der Waals surface area contributed by atoms with Crippen LogP contribution in [0.5, 0.6) is 0 Å². The first-order chi connectivity index (χ1) is 61.2. The number of H-pyrrole nitrogens is 1. The van der Waals surface area contributed by atoms with E-state index >= 15 is 0 Å². The number of hydrogen-bond acceptors (Lipinski definition) is 25. The number of carboxylic acid groups (broad SMARTS) is 3. The molecule has 0 unspecified atom stereocenters. The van der Waals surface area contributed by atoms with Crippen LogP contribution in [0.4, 0.5) is 0 Å². The highest BCUT2D eigenvalue weighted by atomic mass is 79.9. The number of aliphatic hydroxyl groups is 2. The molecule has 1 heterocycles. The van der Waals surface area contributed by atoms with Crippen LogP contribution in [-0.2, 0) is 114 Å². The van der Waals surface area contributed by atoms with Crippen LogP contribution in [0.25, 0.3) is 10.9 Å². The number of hydrogen-bond donors (Lipinski definition) is 28. The molecular formula is C81H122BrN23O26. The van der Waals surface area contributed by atoms with Crippen molar-refractivity contribution in [3.8, 4) is 0 Å². The third-order valence-corrected chi connectivity index (χ3v) is 20.1. The third kappa shape index (κ3) is 40.8. The fraction of sp³-hybridized carbons (Fsp3) is 0.556. The lowest BCUT2D eigenvalue weighted by atomic mass is 9.98. The number of halogens is 1. The summed E-state index contributed by atoms with van der Waals surface area (Å²) in [7, 11) is 0. The summed E-state index contributed by atoms with van der Waals surface area (Å²) < 4.78 is 0.687. The Labute approximate surface area is 760 Å². The highest BCUT2D eigenvalue weighted by Gasteiger charge is 2.41. The Morgan fingerprint density at radius 3 is 1.46 bits per heavy atom. The number of nitrogens with one attached hydrogen (secondary N) is 19. The SMILES string of the molecule is CC(C)C[C@@H](NC(=O)[C@@H](C)NC(=O)[C@@H](CCC(=O)O)NC(=O)[C@H](NC(=O)[C@@H](CC(C)C)NC(=O)[C@@H](CCC(=O)O)NC(=O)C(C)(C)NC(=O)[C@@H](Cc1c[nH]c2ccccc12)NC(=O)[C@H](NC(=O)[C@H](N)CC(=O)O)[C@@H](C)O)C(C)C)C(=O)N[C@H](CC(N)=O)C(=O)NCC(=O)NCC(=O)NCC(=O)N[C@@H](CO)C(=O)N[C@@H](Cc1ccc(Br)cc1)C(=O)N[C@@H](CCCNC(=N)N)C(N)=O. The fourth-order valence-corrected chi connectivity index (χ4v) is 12.8. The summed E-state index contributed by atoms with van der Waals surface area (Å²) in [5.41, 5.74) is 21.5. The number of aromatic nitrogens is 1. The van der Waals surface area contributed by atoms with Crippen LogP contribution in [0.15, 0.2) is 59.2 Å². The summed E-state index contributed by atoms with van der Waals surface area (Å²) in [5, 5.41) is 97.5. The Kier molecular flexibility index (Phi) is 46.6. The quantitative estimate of drug-likeness (QED) is 0.0142. The molecule has 3 rings (SSSR count). The molecule has 0 bridgehead atoms. The first-order valence-electron chi connectivity index (χ1n) is 41.6. The monoisotopic (exact) mass is 1910 g/mol. The number of guanidine groups is 1. The van der Waals surface area contributed by atoms with Crippen LogP contribution >= 0.6 is 15.9 Å². The molecule has 0 saturated carbocycles. The summed E-state index contributed by atoms with van der Waals surface area (Å²) >= 11 is 3.31. The molecular weight excluding hydrogens is 1790 g/mol. The van der Waals surface area contributed by atoms with Crippen molar-refractivity contribution in [2.75, 3.05) is 32.8 Å². The zero-order valence-corrected chi connectivity index (χ0v) is 75.6. The average molecular weight is 1910 g/mol. The van der Waals surface area contributed by atoms with Gasteiger partial charge in [0.15, 0.2) is 5.96 Å². The number of primary amides is 2. The molecule has 1 aromatic heterocycles. The first-order valence-corrected chi connectivity index (χ1v) is 42.4. The van der Waals surface area contributed by atoms with Gasteiger partial charge in [0, 0.05) is 53.8 Å². The molecule has 0 spiro atoms. The summed E-state index contributed by atoms with van der Waals surface area (Å²) in [6.07, 6.45) is -5.19. The molecule has 724 valence electrons. The number of carbonyl (C=O) groups is 21. The standard InChI is InChI=1S/C81H122BrN23O26/c1-37(2)26-51(72(124)100-55(31-57(84)108)69(121)92-34-59(110)90-33-58(109)91-35-60(111)94-56(36-106)75(127)99-53(28-42-17-19-44(82)20-18-42)73(125)95-48(66(85)118)16-13-25-88-80(86)87)97-67(119)40(7)93-70(122)49(21-23-61(112)113)96-77(129)64(39(5)6)103-74(126)52(27-38(3)4)98-71(123)50(22-24-62(114)115)102-79(131)81(9,10)105-76(128)54(29-43-32-89-47-15-12-11-14-45(43)47)101-78(130)65(41(8)107)104-68(120)46(83)30-63(116)117/h11-12,14-15,17-20,32,37-41,46,48-56,64-65,89,106-107H,13,16,21-31,33-36,83H2,1-10H3,(H2,84,108)(H2,85,118)(H,90,110)(H,91,109)(H,92,121)(H,93,122)(H,94,111)(H,95,125)(H,96,129)(H,97,119)(H,98,123)(H,99,127)(H,100,124)(H,101,130)(H,102,131)(H,103,126)(H,104,120)(H,105,128)(H,112,113)(H,114,115)(H,116,117)(H4,86,87,88)/t40-,41-,46-,48+,49-,50-,51-,52-,53+,54-,55-,56+,64-,65-/m1/s1. The Morgan fingerprint density at radius 2 is 0.924 bits per heavy atom. The minimum atomic E-state index is -2.05. The van der Waals surface area contributed by atoms with Gasteiger partial charge < -0.3 is 144 Å². The molecule has 32 N–H and O–H groups in total. The lowest BCUT2D eigenvalue weighted by Crippen LogP contribution is -2.64. The van der Waals surface area contributed by atoms with E-state index in [1.807, 2.05) is 0 Å². The lowest BCUT2D eigenvalue weighted by Gasteiger charge is -2.31. The number of nitrogens with two attached hydrogens (primary N) is 4. The molecule has 50 heteroatoms. The molecule has 18 amide bonds. The Balaban J connectivity index is 1.73. The average Bonchev–Trinajstić information content (AvgIpc) is 1.72. The van der Waals surface area contributed by atoms with E-state index in [0.717, 1.165) is 13.8 Å². The van der Waals surface area contributed by atoms with E-state index in [1.165, 1.54) is 33.9 Å². The van der Waals surface area contributed by atoms with Crippen molar-refractivity contribution in [1.82, 2.24) is 95.4 Å². The van der Waals surface area contributed by atoms with E-state index < -0.39 is 297 Å². The van der Waals surface area contributed by atoms with Crippen molar-refractivity contribution in [2.45, 2.75) is 236 Å². The molecule has 0 aliphatic rings. The minimum absolute atomic E-state index is 0.0105. The van der Waals surface area contributed by atoms with Crippen LogP contribution in [-0.4, -0.2) is 284 Å². The second-order valence-corrected chi connectivity index (χ2v) is 33.5. The maximum absolute atomic E-state index is 14.5. The van der Waals surface area contributed by atoms with Crippen LogP contribution in [0.1, 0.15) is 145 Å². The van der Waals surface area contributed by atoms with Gasteiger partial charge in [-0.2, -0.15) is 0 Å². The number of aliphatic carboxylic acids is 3. The minimum Gasteiger partial charge on any atom is -0.481 e. The number of rotatable bonds is 58. The lowest BCUT2D eigenvalue weighted by molar-refractivity contribution is -0.140. The molecule has 3 aromatic rings. The van der Waals surface area contributed by atoms with Gasteiger partial charge in [0.25, 0.3) is 0 Å². The Bertz CT molecular complexity index is 4580. The Hall–Kier alpha value is -13.5. The van der Waals surface area contributed by atoms with Gasteiger partial charge in [-0.25, -0.2) is 0 Å². The summed E-state index contributed by atoms with van der Waals surface area (Å²) in [6, 6.07) is -7.74. The predicted octanol–water partition coefficient (Wildman–Crippen LogP) is -7.93. The molecule has 131 heavy (non-hydrogen) atoms. The number of amides is 18. The molecule has 49 nitrogen and oxygen atoms in total. The first kappa shape index (κ1) is 112. The fourth-order valence-electron chi connectivity index (χ4n) is 12.5. The van der Waals surface area contributed by atoms with Crippen molar-refractivity contribution in [1.29, 1.82) is 5.41 Å². The highest BCUT2D eigenvalue weighted by molar-refractivity contribution is 9.10. The van der Waals surface area contributed by atoms with Gasteiger partial charge in [0.2, 0.25) is 106 Å². The van der Waals surface area contributed by atoms with Crippen LogP contribution in [0.2, 0.25) is 0 Å². The zero-order valence-electron chi connectivity index (χ0n) is 74.0. The van der Waals surface area contributed by atoms with Crippen molar-refractivity contribution < 1.29 is 126 Å². The van der Waals surface area contributed by atoms with Crippen molar-refractivity contribution in [3.05, 3.63) is 70.3 Å². The summed E-state index contributed by atoms with van der Waals surface area (Å²) in [6.45, 7) is 10.7. The van der Waals surface area contributed by atoms with E-state index in [0.29, 0.717) is 26.5 Å². The number of carbonyl (C=O) groups excluding carboxylic acids is 18. The van der Waals surface area contributed by atoms with Gasteiger partial charge in [0.05, 0.1) is 51.2 Å². The van der Waals surface area contributed by atoms with E-state index in [9.17, 15) is 126 Å². The number of fused-ring (bicyclic) bond motifs is 1. The Morgan fingerprint density at radius 1 is 0.458 bits per heavy atom. The number of para-hydroxylation sites is 1. The van der Waals surface area contributed by atoms with E-state index in [-0.39, 0.29) is 51.0 Å². The maximum Gasteiger partial charge on any atom is 0.305 e. The van der Waals surface area contributed by atoms with Gasteiger partial charge in [-0.1, -0.05) is 87.8 Å². The van der Waals surface area contributed by atoms with Gasteiger partial charge in [-0.3, -0.25) is 106 Å². The smallest absolute Gasteiger partial charge is 0.305 e. The largest absolute Gasteiger partial charge is 0.481 e. The van der Waals surface area contributed by atoms with Crippen LogP contribution < -0.4 is 113 Å².